The van der Waals surface area contributed by atoms with Crippen molar-refractivity contribution in [1.82, 2.24) is 29.7 Å². The maximum atomic E-state index is 11.9. The fraction of sp³-hybridized carbons (Fsp3) is 0.582. The van der Waals surface area contributed by atoms with Gasteiger partial charge in [-0.3, -0.25) is 18.2 Å². The van der Waals surface area contributed by atoms with Crippen molar-refractivity contribution >= 4 is 167 Å². The summed E-state index contributed by atoms with van der Waals surface area (Å²) in [6.45, 7) is 33.4. The van der Waals surface area contributed by atoms with E-state index in [-0.39, 0.29) is 297 Å². The zero-order valence-corrected chi connectivity index (χ0v) is 90.3. The molecule has 0 unspecified atom stereocenters. The Morgan fingerprint density at radius 1 is 0.626 bits per heavy atom. The number of hydrogen-bond acceptors (Lipinski definition) is 30. The van der Waals surface area contributed by atoms with Crippen LogP contribution in [0.1, 0.15) is 200 Å². The minimum atomic E-state index is -3.63. The number of ketones is 1. The Morgan fingerprint density at radius 3 is 1.38 bits per heavy atom. The summed E-state index contributed by atoms with van der Waals surface area (Å²) < 4.78 is 136. The third-order valence-electron chi connectivity index (χ3n) is 19.4. The van der Waals surface area contributed by atoms with Gasteiger partial charge in [-0.05, 0) is 218 Å². The summed E-state index contributed by atoms with van der Waals surface area (Å²) in [5.74, 6) is 0.837. The van der Waals surface area contributed by atoms with E-state index in [4.69, 9.17) is 104 Å². The number of rotatable bonds is 8. The Hall–Kier alpha value is -0.916. The van der Waals surface area contributed by atoms with Gasteiger partial charge < -0.3 is 91.0 Å². The molecule has 4 aromatic carbocycles. The number of Topliss-reactive ketones (excluding diaryl/α,β-unsaturated/α-hetero) is 1. The van der Waals surface area contributed by atoms with Crippen molar-refractivity contribution in [2.75, 3.05) is 77.2 Å². The predicted molar refractivity (Wildman–Crippen MR) is 485 cm³/mol. The fourth-order valence-corrected chi connectivity index (χ4v) is 13.8. The number of alkyl halides is 1. The van der Waals surface area contributed by atoms with Crippen LogP contribution in [0.2, 0.25) is 0 Å². The molecule has 31 nitrogen and oxygen atoms in total. The van der Waals surface area contributed by atoms with E-state index >= 15 is 0 Å². The van der Waals surface area contributed by atoms with Crippen LogP contribution in [0.25, 0.3) is 33.2 Å². The van der Waals surface area contributed by atoms with Crippen LogP contribution in [0.15, 0.2) is 114 Å². The van der Waals surface area contributed by atoms with Crippen LogP contribution in [-0.4, -0.2) is 199 Å². The molecule has 8 aromatic rings. The smallest absolute Gasteiger partial charge is 1.00 e. The number of aromatic nitrogens is 6. The summed E-state index contributed by atoms with van der Waals surface area (Å²) in [5, 5.41) is 22.7. The quantitative estimate of drug-likeness (QED) is 0.0277. The number of aliphatic hydroxyl groups is 1. The average Bonchev–Trinajstić information content (AvgIpc) is 1.69. The summed E-state index contributed by atoms with van der Waals surface area (Å²) in [4.78, 5) is 38.4. The third-order valence-corrected chi connectivity index (χ3v) is 23.4. The standard InChI is InChI=1S/C13H17BN2O3.C12H24B2O4.C12H16O4S.C10H12IN5O.C7H5BrN2O.C7H7ClO2S.C5H10O2.C5H8O2.CH3F.CH2O3.6CH4.B.2Cs.Na.2H/c1-12(2)13(3,4)19-14(18-12)8-5-6-10-9(7-8)16-11(15)17-10;1-9(2)10(3,4)16-13(15-9)14-17-11(5,6)12(7,8)18-14;1-10-2-4-12(5-3-10)17(13,14)16-11-6-8-15-9-7-11;11-8-7-9(12)13-5-14-10(7)16(15-8)6-1-3-17-4-2-6;8-4-1-2-6-5(3-4)10-7(9)11-6;1-6-2-4-7(5-3-6)11(8,9)10;2*6-5-1-3-7-4-2-5;1-2;2-1-4-3;;;;;;;;;;;;/h5-7H,1-4H3,(H2,15,16);1-8H3;2-5,11H,6-9H2,1H3;5-6H,1-4H2,(H2,12,13,14);1-3H,(H2,9,10);2-5H,1H3;5-6H,1-4H2;1-4H2;1H3;1,3H;6*1H4;;;;;;/q;;;;;;;;;;;;;;;;;3*+1;2*-1/p-1/i;;;;;;;;1D;;;;;;;;;;;;;. The molecule has 0 aliphatic carbocycles. The number of nitrogen functional groups attached to an aromatic ring is 3. The first-order chi connectivity index (χ1) is 53.4. The average molecular weight is 2220 g/mol. The van der Waals surface area contributed by atoms with Crippen LogP contribution in [0.5, 0.6) is 0 Å². The molecule has 7 aliphatic heterocycles. The molecule has 7 N–H and O–H groups in total. The van der Waals surface area contributed by atoms with Gasteiger partial charge in [-0.1, -0.05) is 102 Å². The topological polar surface area (TPSA) is 430 Å². The Labute approximate surface area is 903 Å². The van der Waals surface area contributed by atoms with E-state index in [2.05, 4.69) is 68.4 Å². The second-order valence-electron chi connectivity index (χ2n) is 29.4. The Balaban J connectivity index is -0.000000255. The maximum absolute atomic E-state index is 11.9. The number of benzene rings is 4. The Kier molecular flexibility index (Phi) is 63.0. The molecule has 677 valence electrons. The second-order valence-corrected chi connectivity index (χ2v) is 35.5. The van der Waals surface area contributed by atoms with Gasteiger partial charge in [0.1, 0.15) is 32.7 Å². The van der Waals surface area contributed by atoms with Gasteiger partial charge in [-0.25, -0.2) is 23.1 Å². The summed E-state index contributed by atoms with van der Waals surface area (Å²) in [7, 11) is -4.44. The van der Waals surface area contributed by atoms with E-state index < -0.39 is 47.5 Å². The molecular weight excluding hydrogens is 2080 g/mol. The van der Waals surface area contributed by atoms with E-state index in [1.165, 1.54) is 18.5 Å². The molecule has 7 aliphatic rings. The molecular formula is C79H129B4BrClCs2FIN9NaO22S2. The molecule has 0 bridgehead atoms. The van der Waals surface area contributed by atoms with Crippen molar-refractivity contribution in [3.05, 3.63) is 111 Å². The van der Waals surface area contributed by atoms with E-state index in [1.807, 2.05) is 138 Å². The first-order valence-corrected chi connectivity index (χ1v) is 41.8. The van der Waals surface area contributed by atoms with E-state index in [1.54, 1.807) is 36.4 Å². The molecule has 0 saturated carbocycles. The predicted octanol–water partition coefficient (Wildman–Crippen LogP) is 5.51. The normalized spacial score (nSPS) is 17.9. The van der Waals surface area contributed by atoms with Crippen molar-refractivity contribution in [3.8, 4) is 0 Å². The number of ether oxygens (including phenoxy) is 4. The molecule has 7 fully saturated rings. The number of anilines is 3. The molecule has 4 aromatic heterocycles. The van der Waals surface area contributed by atoms with Crippen LogP contribution < -0.4 is 195 Å². The minimum Gasteiger partial charge on any atom is -1.00 e. The number of aryl methyl sites for hydroxylation is 2. The molecule has 15 rings (SSSR count). The number of hydrogen-bond donors (Lipinski definition) is 4. The number of nitrogens with zero attached hydrogens (tertiary/aromatic N) is 6. The fourth-order valence-electron chi connectivity index (χ4n) is 10.8. The Bertz CT molecular complexity index is 4540. The first-order valence-electron chi connectivity index (χ1n) is 36.9. The van der Waals surface area contributed by atoms with Gasteiger partial charge in [0.05, 0.1) is 88.8 Å². The number of aliphatic hydroxyl groups excluding tert-OH is 1. The van der Waals surface area contributed by atoms with Crippen LogP contribution in [0.4, 0.5) is 22.2 Å². The SMILES string of the molecule is C.C.C.C.C.C.CC1(C)OB(B2OC(C)(C)C(C)(C)O2)OC1(C)C.CC1(C)OB(c2ccc3oc(N)nc3c2)OC1(C)C.Cc1ccc(S(=O)(=O)Cl)cc1.Cc1ccc(S(=O)(=O)OC2CCOCC2)cc1.Nc1nc2cc(Br)ccc2o1.Nc1ncnc2c1c(I)nn2C1CCOCC1.O=C1CCOCC1.O=CO[O-].OC1CCOCC1.[2H]CF.[B].[Cs+].[Cs+].[H-].[H-].[Na+]. The van der Waals surface area contributed by atoms with Crippen LogP contribution in [0.3, 0.4) is 0 Å². The van der Waals surface area contributed by atoms with Gasteiger partial charge >= 0.3 is 188 Å². The zero-order chi connectivity index (χ0) is 84.6. The van der Waals surface area contributed by atoms with Crippen LogP contribution in [0, 0.1) is 17.5 Å². The Morgan fingerprint density at radius 2 is 1.00 bits per heavy atom. The van der Waals surface area contributed by atoms with E-state index in [9.17, 15) is 26.0 Å². The number of carbonyl (C=O) groups excluding carboxylic acids is 2. The van der Waals surface area contributed by atoms with Gasteiger partial charge in [-0.15, -0.1) is 0 Å². The van der Waals surface area contributed by atoms with Gasteiger partial charge in [0.25, 0.3) is 37.7 Å². The number of carbonyl (C=O) groups is 2. The van der Waals surface area contributed by atoms with Crippen molar-refractivity contribution < 1.29 is 278 Å². The molecule has 0 amide bonds. The second kappa shape index (κ2) is 60.4. The number of halogens is 4. The largest absolute Gasteiger partial charge is 1.00 e. The van der Waals surface area contributed by atoms with Crippen LogP contribution >= 0.6 is 49.2 Å². The van der Waals surface area contributed by atoms with E-state index in [0.717, 1.165) is 93.4 Å². The summed E-state index contributed by atoms with van der Waals surface area (Å²) in [5.41, 5.74) is 21.3. The molecule has 0 atom stereocenters. The molecule has 7 saturated heterocycles. The van der Waals surface area contributed by atoms with E-state index in [0.29, 0.717) is 86.4 Å². The molecule has 44 heteroatoms. The number of fused-ring (bicyclic) bond motifs is 3. The molecule has 123 heavy (non-hydrogen) atoms. The minimum absolute atomic E-state index is 0. The molecule has 3 radical (unpaired) electrons. The maximum Gasteiger partial charge on any atom is 1.00 e. The zero-order valence-electron chi connectivity index (χ0n) is 72.6. The first kappa shape index (κ1) is 128. The van der Waals surface area contributed by atoms with Crippen molar-refractivity contribution in [1.29, 1.82) is 0 Å². The van der Waals surface area contributed by atoms with Crippen LogP contribution in [-0.2, 0) is 84.7 Å². The van der Waals surface area contributed by atoms with Crippen molar-refractivity contribution in [2.24, 2.45) is 0 Å². The van der Waals surface area contributed by atoms with Crippen molar-refractivity contribution in [2.45, 2.75) is 255 Å². The summed E-state index contributed by atoms with van der Waals surface area (Å²) in [6.07, 6.45) is 7.23. The van der Waals surface area contributed by atoms with Gasteiger partial charge in [0, 0.05) is 76.1 Å². The summed E-state index contributed by atoms with van der Waals surface area (Å²) >= 11 is 5.50. The van der Waals surface area contributed by atoms with Gasteiger partial charge in [-0.2, -0.15) is 23.5 Å². The third kappa shape index (κ3) is 40.4. The summed E-state index contributed by atoms with van der Waals surface area (Å²) in [6, 6.07) is 25.0. The molecule has 11 heterocycles. The molecule has 0 spiro atoms. The van der Waals surface area contributed by atoms with Crippen molar-refractivity contribution in [3.63, 3.8) is 0 Å². The van der Waals surface area contributed by atoms with Gasteiger partial charge in [0.2, 0.25) is 0 Å². The monoisotopic (exact) mass is 2210 g/mol. The number of oxazole rings is 2. The van der Waals surface area contributed by atoms with Gasteiger partial charge in [0.15, 0.2) is 16.8 Å². The number of nitrogens with two attached hydrogens (primary N) is 3.